The van der Waals surface area contributed by atoms with Crippen molar-refractivity contribution in [1.29, 1.82) is 5.26 Å². The molecule has 1 aliphatic heterocycles. The second kappa shape index (κ2) is 6.82. The van der Waals surface area contributed by atoms with Gasteiger partial charge in [0.25, 0.3) is 0 Å². The van der Waals surface area contributed by atoms with Gasteiger partial charge in [-0.15, -0.1) is 0 Å². The lowest BCUT2D eigenvalue weighted by molar-refractivity contribution is 0.0855. The van der Waals surface area contributed by atoms with E-state index >= 15 is 0 Å². The Bertz CT molecular complexity index is 803. The highest BCUT2D eigenvalue weighted by atomic mass is 16.5. The Kier molecular flexibility index (Phi) is 4.54. The zero-order valence-corrected chi connectivity index (χ0v) is 15.2. The molecule has 0 saturated carbocycles. The summed E-state index contributed by atoms with van der Waals surface area (Å²) in [5, 5.41) is 10.6. The monoisotopic (exact) mass is 337 g/mol. The lowest BCUT2D eigenvalue weighted by atomic mass is 9.71. The third kappa shape index (κ3) is 2.76. The first-order valence-electron chi connectivity index (χ1n) is 9.49. The van der Waals surface area contributed by atoms with Crippen LogP contribution in [0.15, 0.2) is 18.2 Å². The fourth-order valence-electron chi connectivity index (χ4n) is 5.15. The van der Waals surface area contributed by atoms with Crippen molar-refractivity contribution in [3.8, 4) is 6.07 Å². The highest BCUT2D eigenvalue weighted by Crippen LogP contribution is 2.46. The van der Waals surface area contributed by atoms with Crippen LogP contribution in [-0.2, 0) is 17.8 Å². The number of rotatable bonds is 5. The van der Waals surface area contributed by atoms with Crippen molar-refractivity contribution >= 4 is 10.9 Å². The average Bonchev–Trinajstić information content (AvgIpc) is 2.96. The van der Waals surface area contributed by atoms with E-state index in [1.165, 1.54) is 27.7 Å². The van der Waals surface area contributed by atoms with Crippen molar-refractivity contribution in [2.24, 2.45) is 5.92 Å². The van der Waals surface area contributed by atoms with Crippen molar-refractivity contribution in [3.05, 3.63) is 35.0 Å². The maximum Gasteiger partial charge on any atom is 0.0865 e. The van der Waals surface area contributed by atoms with Gasteiger partial charge in [-0.1, -0.05) is 19.1 Å². The number of piperidine rings is 1. The maximum atomic E-state index is 9.22. The molecule has 1 aromatic heterocycles. The number of nitrogens with zero attached hydrogens (tertiary/aromatic N) is 2. The summed E-state index contributed by atoms with van der Waals surface area (Å²) in [6.45, 7) is 5.09. The smallest absolute Gasteiger partial charge is 0.0865 e. The number of ether oxygens (including phenoxy) is 1. The number of nitriles is 1. The summed E-state index contributed by atoms with van der Waals surface area (Å²) in [4.78, 5) is 6.25. The molecule has 0 unspecified atom stereocenters. The lowest BCUT2D eigenvalue weighted by Gasteiger charge is -2.47. The fourth-order valence-corrected chi connectivity index (χ4v) is 5.15. The van der Waals surface area contributed by atoms with Crippen molar-refractivity contribution < 1.29 is 4.74 Å². The SMILES string of the molecule is CCCN1C[C@H](CC#N)C[C@@H]2c3cccc4[nH]c(COC)c(c34)C[C@H]21. The maximum absolute atomic E-state index is 9.22. The number of nitrogens with one attached hydrogen (secondary N) is 1. The number of methoxy groups -OCH3 is 1. The van der Waals surface area contributed by atoms with Gasteiger partial charge in [0.2, 0.25) is 0 Å². The van der Waals surface area contributed by atoms with Gasteiger partial charge in [-0.05, 0) is 48.9 Å². The van der Waals surface area contributed by atoms with Crippen LogP contribution in [0.5, 0.6) is 0 Å². The van der Waals surface area contributed by atoms with E-state index < -0.39 is 0 Å². The van der Waals surface area contributed by atoms with Gasteiger partial charge < -0.3 is 9.72 Å². The van der Waals surface area contributed by atoms with Crippen LogP contribution in [0, 0.1) is 17.2 Å². The predicted molar refractivity (Wildman–Crippen MR) is 99.4 cm³/mol. The van der Waals surface area contributed by atoms with Crippen LogP contribution in [0.1, 0.15) is 48.9 Å². The fraction of sp³-hybridized carbons (Fsp3) is 0.571. The van der Waals surface area contributed by atoms with Gasteiger partial charge >= 0.3 is 0 Å². The molecule has 1 aromatic carbocycles. The van der Waals surface area contributed by atoms with E-state index in [4.69, 9.17) is 4.74 Å². The normalized spacial score (nSPS) is 25.7. The number of aromatic nitrogens is 1. The minimum absolute atomic E-state index is 0.493. The first-order chi connectivity index (χ1) is 12.3. The molecule has 4 heteroatoms. The molecule has 4 rings (SSSR count). The topological polar surface area (TPSA) is 52.0 Å². The van der Waals surface area contributed by atoms with Crippen LogP contribution in [0.25, 0.3) is 10.9 Å². The number of hydrogen-bond donors (Lipinski definition) is 1. The van der Waals surface area contributed by atoms with Gasteiger partial charge in [-0.25, -0.2) is 0 Å². The van der Waals surface area contributed by atoms with Gasteiger partial charge in [0.1, 0.15) is 0 Å². The highest BCUT2D eigenvalue weighted by molar-refractivity contribution is 5.89. The first kappa shape index (κ1) is 16.6. The summed E-state index contributed by atoms with van der Waals surface area (Å²) < 4.78 is 5.44. The second-order valence-corrected chi connectivity index (χ2v) is 7.62. The molecule has 1 saturated heterocycles. The van der Waals surface area contributed by atoms with Crippen molar-refractivity contribution in [2.75, 3.05) is 20.2 Å². The number of fused-ring (bicyclic) bond motifs is 2. The molecular formula is C21H27N3O. The molecule has 132 valence electrons. The molecule has 0 amide bonds. The first-order valence-corrected chi connectivity index (χ1v) is 9.49. The minimum Gasteiger partial charge on any atom is -0.378 e. The molecule has 2 aromatic rings. The Hall–Kier alpha value is -1.83. The van der Waals surface area contributed by atoms with E-state index in [2.05, 4.69) is 41.1 Å². The molecule has 25 heavy (non-hydrogen) atoms. The number of H-pyrrole nitrogens is 1. The summed E-state index contributed by atoms with van der Waals surface area (Å²) in [5.74, 6) is 1.04. The van der Waals surface area contributed by atoms with E-state index in [-0.39, 0.29) is 0 Å². The molecule has 4 nitrogen and oxygen atoms in total. The predicted octanol–water partition coefficient (Wildman–Crippen LogP) is 3.97. The number of likely N-dealkylation sites (tertiary alicyclic amines) is 1. The van der Waals surface area contributed by atoms with Crippen molar-refractivity contribution in [3.63, 3.8) is 0 Å². The average molecular weight is 337 g/mol. The van der Waals surface area contributed by atoms with Gasteiger partial charge in [0, 0.05) is 48.6 Å². The van der Waals surface area contributed by atoms with Crippen LogP contribution < -0.4 is 0 Å². The van der Waals surface area contributed by atoms with Gasteiger partial charge in [0.15, 0.2) is 0 Å². The summed E-state index contributed by atoms with van der Waals surface area (Å²) in [6, 6.07) is 9.63. The van der Waals surface area contributed by atoms with E-state index in [9.17, 15) is 5.26 Å². The molecule has 1 fully saturated rings. The quantitative estimate of drug-likeness (QED) is 0.898. The van der Waals surface area contributed by atoms with Crippen molar-refractivity contribution in [2.45, 2.75) is 51.2 Å². The summed E-state index contributed by atoms with van der Waals surface area (Å²) in [7, 11) is 1.77. The Morgan fingerprint density at radius 1 is 1.40 bits per heavy atom. The molecule has 3 atom stereocenters. The zero-order chi connectivity index (χ0) is 17.4. The van der Waals surface area contributed by atoms with E-state index in [0.29, 0.717) is 30.9 Å². The largest absolute Gasteiger partial charge is 0.378 e. The van der Waals surface area contributed by atoms with Crippen molar-refractivity contribution in [1.82, 2.24) is 9.88 Å². The Morgan fingerprint density at radius 3 is 3.04 bits per heavy atom. The number of hydrogen-bond acceptors (Lipinski definition) is 3. The van der Waals surface area contributed by atoms with Gasteiger partial charge in [0.05, 0.1) is 12.7 Å². The van der Waals surface area contributed by atoms with Crippen LogP contribution >= 0.6 is 0 Å². The van der Waals surface area contributed by atoms with E-state index in [1.807, 2.05) is 0 Å². The number of benzene rings is 1. The van der Waals surface area contributed by atoms with Crippen LogP contribution in [0.4, 0.5) is 0 Å². The number of aromatic amines is 1. The van der Waals surface area contributed by atoms with Crippen LogP contribution in [0.2, 0.25) is 0 Å². The molecule has 0 spiro atoms. The molecular weight excluding hydrogens is 310 g/mol. The van der Waals surface area contributed by atoms with Gasteiger partial charge in [-0.2, -0.15) is 5.26 Å². The lowest BCUT2D eigenvalue weighted by Crippen LogP contribution is -2.50. The third-order valence-electron chi connectivity index (χ3n) is 6.05. The highest BCUT2D eigenvalue weighted by Gasteiger charge is 2.41. The zero-order valence-electron chi connectivity index (χ0n) is 15.2. The van der Waals surface area contributed by atoms with Crippen LogP contribution in [-0.4, -0.2) is 36.1 Å². The summed E-state index contributed by atoms with van der Waals surface area (Å²) >= 11 is 0. The second-order valence-electron chi connectivity index (χ2n) is 7.62. The Balaban J connectivity index is 1.80. The molecule has 0 radical (unpaired) electrons. The Morgan fingerprint density at radius 2 is 2.28 bits per heavy atom. The van der Waals surface area contributed by atoms with Gasteiger partial charge in [-0.3, -0.25) is 4.90 Å². The molecule has 2 heterocycles. The standard InChI is InChI=1S/C21H27N3O/c1-3-9-24-12-14(7-8-22)10-16-15-5-4-6-18-21(15)17(11-20(16)24)19(23-18)13-25-2/h4-6,14,16,20,23H,3,7,9-13H2,1-2H3/t14-,16-,20-/m1/s1. The molecule has 1 aliphatic carbocycles. The molecule has 0 bridgehead atoms. The Labute approximate surface area is 149 Å². The van der Waals surface area contributed by atoms with Crippen LogP contribution in [0.3, 0.4) is 0 Å². The molecule has 2 aliphatic rings. The molecule has 1 N–H and O–H groups in total. The summed E-state index contributed by atoms with van der Waals surface area (Å²) in [6.07, 6.45) is 4.08. The minimum atomic E-state index is 0.493. The van der Waals surface area contributed by atoms with E-state index in [1.54, 1.807) is 7.11 Å². The third-order valence-corrected chi connectivity index (χ3v) is 6.05. The summed E-state index contributed by atoms with van der Waals surface area (Å²) in [5.41, 5.74) is 5.40. The van der Waals surface area contributed by atoms with E-state index in [0.717, 1.165) is 32.4 Å².